The molecule has 1 unspecified atom stereocenters. The van der Waals surface area contributed by atoms with E-state index in [1.54, 1.807) is 6.20 Å². The van der Waals surface area contributed by atoms with Crippen LogP contribution >= 0.6 is 0 Å². The van der Waals surface area contributed by atoms with Crippen molar-refractivity contribution in [2.45, 2.75) is 45.2 Å². The van der Waals surface area contributed by atoms with Crippen molar-refractivity contribution in [3.05, 3.63) is 12.4 Å². The van der Waals surface area contributed by atoms with Crippen LogP contribution in [0.25, 0.3) is 0 Å². The lowest BCUT2D eigenvalue weighted by molar-refractivity contribution is 0.555. The lowest BCUT2D eigenvalue weighted by Crippen LogP contribution is -2.37. The largest absolute Gasteiger partial charge is 0.349 e. The molecule has 1 aliphatic rings. The highest BCUT2D eigenvalue weighted by atomic mass is 32.2. The predicted molar refractivity (Wildman–Crippen MR) is 72.4 cm³/mol. The van der Waals surface area contributed by atoms with Gasteiger partial charge in [-0.1, -0.05) is 13.3 Å². The number of nitrogens with one attached hydrogen (secondary N) is 1. The monoisotopic (exact) mass is 271 g/mol. The number of anilines is 1. The first-order valence-electron chi connectivity index (χ1n) is 6.44. The van der Waals surface area contributed by atoms with Crippen LogP contribution < -0.4 is 5.32 Å². The molecule has 5 nitrogen and oxygen atoms in total. The Morgan fingerprint density at radius 2 is 2.33 bits per heavy atom. The maximum absolute atomic E-state index is 11.6. The zero-order chi connectivity index (χ0) is 13.2. The Bertz CT molecular complexity index is 509. The second-order valence-corrected chi connectivity index (χ2v) is 7.51. The average molecular weight is 271 g/mol. The zero-order valence-electron chi connectivity index (χ0n) is 11.0. The van der Waals surface area contributed by atoms with Crippen LogP contribution in [0.4, 0.5) is 5.95 Å². The summed E-state index contributed by atoms with van der Waals surface area (Å²) in [6.07, 6.45) is 6.56. The number of hydrogen-bond acceptors (Lipinski definition) is 4. The van der Waals surface area contributed by atoms with Gasteiger partial charge < -0.3 is 9.88 Å². The molecule has 1 aliphatic heterocycles. The molecule has 0 aromatic carbocycles. The van der Waals surface area contributed by atoms with Crippen LogP contribution in [0.15, 0.2) is 12.4 Å². The molecule has 0 radical (unpaired) electrons. The van der Waals surface area contributed by atoms with Crippen molar-refractivity contribution in [3.63, 3.8) is 0 Å². The Labute approximate surface area is 109 Å². The summed E-state index contributed by atoms with van der Waals surface area (Å²) < 4.78 is 25.2. The second-order valence-electron chi connectivity index (χ2n) is 5.33. The van der Waals surface area contributed by atoms with E-state index >= 15 is 0 Å². The van der Waals surface area contributed by atoms with Gasteiger partial charge in [-0.2, -0.15) is 0 Å². The third-order valence-corrected chi connectivity index (χ3v) is 5.29. The van der Waals surface area contributed by atoms with Crippen molar-refractivity contribution in [2.75, 3.05) is 16.8 Å². The van der Waals surface area contributed by atoms with Gasteiger partial charge in [0.05, 0.1) is 17.0 Å². The topological polar surface area (TPSA) is 64.0 Å². The van der Waals surface area contributed by atoms with Gasteiger partial charge in [0, 0.05) is 18.9 Å². The summed E-state index contributed by atoms with van der Waals surface area (Å²) in [5.41, 5.74) is -0.381. The fourth-order valence-corrected chi connectivity index (χ4v) is 4.41. The molecule has 1 saturated heterocycles. The van der Waals surface area contributed by atoms with Gasteiger partial charge in [-0.3, -0.25) is 0 Å². The quantitative estimate of drug-likeness (QED) is 0.885. The van der Waals surface area contributed by atoms with E-state index in [9.17, 15) is 8.42 Å². The Kier molecular flexibility index (Phi) is 3.66. The summed E-state index contributed by atoms with van der Waals surface area (Å²) in [5, 5.41) is 3.30. The van der Waals surface area contributed by atoms with Crippen molar-refractivity contribution < 1.29 is 8.42 Å². The molecule has 1 fully saturated rings. The smallest absolute Gasteiger partial charge is 0.203 e. The van der Waals surface area contributed by atoms with E-state index in [1.165, 1.54) is 0 Å². The normalized spacial score (nSPS) is 26.3. The Hall–Kier alpha value is -1.04. The SMILES string of the molecule is CCCCn1ccnc1NC1(C)CCS(=O)(=O)C1. The number of unbranched alkanes of at least 4 members (excludes halogenated alkanes) is 1. The summed E-state index contributed by atoms with van der Waals surface area (Å²) in [4.78, 5) is 4.28. The fraction of sp³-hybridized carbons (Fsp3) is 0.750. The molecular formula is C12H21N3O2S. The number of aryl methyl sites for hydroxylation is 1. The van der Waals surface area contributed by atoms with E-state index in [2.05, 4.69) is 21.8 Å². The fourth-order valence-electron chi connectivity index (χ4n) is 2.32. The molecule has 2 rings (SSSR count). The van der Waals surface area contributed by atoms with Crippen LogP contribution in [0.3, 0.4) is 0 Å². The Morgan fingerprint density at radius 3 is 2.94 bits per heavy atom. The first kappa shape index (κ1) is 13.4. The van der Waals surface area contributed by atoms with Crippen molar-refractivity contribution >= 4 is 15.8 Å². The minimum Gasteiger partial charge on any atom is -0.349 e. The first-order chi connectivity index (χ1) is 8.44. The van der Waals surface area contributed by atoms with Crippen LogP contribution in [-0.2, 0) is 16.4 Å². The molecule has 18 heavy (non-hydrogen) atoms. The molecule has 1 atom stereocenters. The molecule has 0 spiro atoms. The van der Waals surface area contributed by atoms with Crippen LogP contribution in [0.5, 0.6) is 0 Å². The lowest BCUT2D eigenvalue weighted by Gasteiger charge is -2.25. The lowest BCUT2D eigenvalue weighted by atomic mass is 10.0. The van der Waals surface area contributed by atoms with Crippen molar-refractivity contribution in [3.8, 4) is 0 Å². The van der Waals surface area contributed by atoms with Gasteiger partial charge >= 0.3 is 0 Å². The van der Waals surface area contributed by atoms with Gasteiger partial charge in [-0.25, -0.2) is 13.4 Å². The van der Waals surface area contributed by atoms with E-state index in [-0.39, 0.29) is 17.0 Å². The molecule has 2 heterocycles. The minimum atomic E-state index is -2.89. The molecule has 0 aliphatic carbocycles. The summed E-state index contributed by atoms with van der Waals surface area (Å²) in [6.45, 7) is 5.02. The predicted octanol–water partition coefficient (Wildman–Crippen LogP) is 1.67. The molecule has 0 bridgehead atoms. The van der Waals surface area contributed by atoms with Gasteiger partial charge in [0.1, 0.15) is 0 Å². The second kappa shape index (κ2) is 4.91. The molecule has 0 saturated carbocycles. The van der Waals surface area contributed by atoms with E-state index in [0.29, 0.717) is 6.42 Å². The van der Waals surface area contributed by atoms with E-state index in [1.807, 2.05) is 13.1 Å². The highest BCUT2D eigenvalue weighted by molar-refractivity contribution is 7.91. The summed E-state index contributed by atoms with van der Waals surface area (Å²) in [6, 6.07) is 0. The van der Waals surface area contributed by atoms with Crippen LogP contribution in [-0.4, -0.2) is 35.0 Å². The standard InChI is InChI=1S/C12H21N3O2S/c1-3-4-7-15-8-6-13-11(15)14-12(2)5-9-18(16,17)10-12/h6,8H,3-5,7,9-10H2,1-2H3,(H,13,14). The van der Waals surface area contributed by atoms with Crippen LogP contribution in [0.1, 0.15) is 33.1 Å². The number of imidazole rings is 1. The minimum absolute atomic E-state index is 0.195. The highest BCUT2D eigenvalue weighted by Gasteiger charge is 2.38. The maximum Gasteiger partial charge on any atom is 0.203 e. The van der Waals surface area contributed by atoms with E-state index in [4.69, 9.17) is 0 Å². The summed E-state index contributed by atoms with van der Waals surface area (Å²) >= 11 is 0. The highest BCUT2D eigenvalue weighted by Crippen LogP contribution is 2.26. The van der Waals surface area contributed by atoms with E-state index < -0.39 is 9.84 Å². The third kappa shape index (κ3) is 3.04. The van der Waals surface area contributed by atoms with Gasteiger partial charge in [-0.05, 0) is 19.8 Å². The number of rotatable bonds is 5. The number of nitrogens with zero attached hydrogens (tertiary/aromatic N) is 2. The molecule has 102 valence electrons. The van der Waals surface area contributed by atoms with Crippen LogP contribution in [0, 0.1) is 0 Å². The Morgan fingerprint density at radius 1 is 1.56 bits per heavy atom. The van der Waals surface area contributed by atoms with Crippen molar-refractivity contribution in [1.29, 1.82) is 0 Å². The van der Waals surface area contributed by atoms with Crippen LogP contribution in [0.2, 0.25) is 0 Å². The zero-order valence-corrected chi connectivity index (χ0v) is 11.8. The van der Waals surface area contributed by atoms with Crippen molar-refractivity contribution in [2.24, 2.45) is 0 Å². The Balaban J connectivity index is 2.08. The molecule has 1 N–H and O–H groups in total. The molecule has 0 amide bonds. The average Bonchev–Trinajstić information content (AvgIpc) is 2.81. The summed E-state index contributed by atoms with van der Waals surface area (Å²) in [5.74, 6) is 1.25. The number of hydrogen-bond donors (Lipinski definition) is 1. The van der Waals surface area contributed by atoms with Gasteiger partial charge in [0.2, 0.25) is 5.95 Å². The molecule has 6 heteroatoms. The number of aromatic nitrogens is 2. The third-order valence-electron chi connectivity index (χ3n) is 3.38. The van der Waals surface area contributed by atoms with Gasteiger partial charge in [0.15, 0.2) is 9.84 Å². The first-order valence-corrected chi connectivity index (χ1v) is 8.26. The van der Waals surface area contributed by atoms with Crippen molar-refractivity contribution in [1.82, 2.24) is 9.55 Å². The number of sulfone groups is 1. The van der Waals surface area contributed by atoms with E-state index in [0.717, 1.165) is 25.3 Å². The van der Waals surface area contributed by atoms with Gasteiger partial charge in [0.25, 0.3) is 0 Å². The maximum atomic E-state index is 11.6. The molecular weight excluding hydrogens is 250 g/mol. The molecule has 1 aromatic rings. The van der Waals surface area contributed by atoms with Gasteiger partial charge in [-0.15, -0.1) is 0 Å². The summed E-state index contributed by atoms with van der Waals surface area (Å²) in [7, 11) is -2.89. The molecule has 1 aromatic heterocycles.